The molecule has 1 nitrogen and oxygen atoms in total. The predicted molar refractivity (Wildman–Crippen MR) is 229 cm³/mol. The molecule has 0 amide bonds. The van der Waals surface area contributed by atoms with Crippen LogP contribution in [0.2, 0.25) is 0 Å². The second kappa shape index (κ2) is 13.7. The Hall–Kier alpha value is -7.09. The van der Waals surface area contributed by atoms with E-state index in [1.54, 1.807) is 0 Å². The van der Waals surface area contributed by atoms with Gasteiger partial charge in [0.15, 0.2) is 0 Å². The van der Waals surface area contributed by atoms with E-state index in [4.69, 9.17) is 4.98 Å². The van der Waals surface area contributed by atoms with Crippen LogP contribution in [-0.4, -0.2) is 4.98 Å². The van der Waals surface area contributed by atoms with Gasteiger partial charge in [0, 0.05) is 11.1 Å². The topological polar surface area (TPSA) is 12.9 Å². The monoisotopic (exact) mass is 699 g/mol. The smallest absolute Gasteiger partial charge is 0.0715 e. The van der Waals surface area contributed by atoms with Gasteiger partial charge in [-0.15, -0.1) is 0 Å². The van der Waals surface area contributed by atoms with Gasteiger partial charge in [-0.2, -0.15) is 0 Å². The fourth-order valence-electron chi connectivity index (χ4n) is 8.64. The van der Waals surface area contributed by atoms with Crippen molar-refractivity contribution in [1.82, 2.24) is 4.98 Å². The molecule has 0 atom stereocenters. The molecule has 0 spiro atoms. The summed E-state index contributed by atoms with van der Waals surface area (Å²) in [5.74, 6) is 0. The summed E-state index contributed by atoms with van der Waals surface area (Å²) in [4.78, 5) is 5.19. The number of rotatable bonds is 7. The summed E-state index contributed by atoms with van der Waals surface area (Å²) in [7, 11) is 0. The summed E-state index contributed by atoms with van der Waals surface area (Å²) >= 11 is 0. The second-order valence-electron chi connectivity index (χ2n) is 14.3. The Morgan fingerprint density at radius 3 is 1.27 bits per heavy atom. The Morgan fingerprint density at radius 1 is 0.273 bits per heavy atom. The molecule has 1 heterocycles. The van der Waals surface area contributed by atoms with Gasteiger partial charge in [0.2, 0.25) is 0 Å². The zero-order valence-electron chi connectivity index (χ0n) is 30.3. The van der Waals surface area contributed by atoms with E-state index >= 15 is 0 Å². The van der Waals surface area contributed by atoms with E-state index in [-0.39, 0.29) is 0 Å². The maximum absolute atomic E-state index is 5.19. The van der Waals surface area contributed by atoms with Crippen LogP contribution in [0.25, 0.3) is 67.0 Å². The highest BCUT2D eigenvalue weighted by molar-refractivity contribution is 5.95. The third-order valence-electron chi connectivity index (χ3n) is 11.2. The largest absolute Gasteiger partial charge is 0.248 e. The Bertz CT molecular complexity index is 2710. The first-order valence-corrected chi connectivity index (χ1v) is 19.0. The third-order valence-corrected chi connectivity index (χ3v) is 11.2. The minimum Gasteiger partial charge on any atom is -0.248 e. The van der Waals surface area contributed by atoms with E-state index in [1.165, 1.54) is 55.6 Å². The van der Waals surface area contributed by atoms with Crippen molar-refractivity contribution in [3.05, 3.63) is 247 Å². The maximum Gasteiger partial charge on any atom is 0.0715 e. The van der Waals surface area contributed by atoms with E-state index < -0.39 is 5.41 Å². The van der Waals surface area contributed by atoms with Crippen LogP contribution in [-0.2, 0) is 5.41 Å². The van der Waals surface area contributed by atoms with Crippen molar-refractivity contribution in [3.8, 4) is 67.0 Å². The van der Waals surface area contributed by atoms with Crippen molar-refractivity contribution in [3.63, 3.8) is 0 Å². The molecule has 0 fully saturated rings. The normalized spacial score (nSPS) is 12.5. The highest BCUT2D eigenvalue weighted by Gasteiger charge is 2.46. The van der Waals surface area contributed by atoms with E-state index in [0.29, 0.717) is 0 Å². The highest BCUT2D eigenvalue weighted by atomic mass is 14.7. The number of fused-ring (bicyclic) bond motifs is 3. The highest BCUT2D eigenvalue weighted by Crippen LogP contribution is 2.58. The number of aromatic nitrogens is 1. The lowest BCUT2D eigenvalue weighted by molar-refractivity contribution is 0.768. The van der Waals surface area contributed by atoms with Gasteiger partial charge < -0.3 is 0 Å². The number of hydrogen-bond donors (Lipinski definition) is 0. The van der Waals surface area contributed by atoms with Gasteiger partial charge in [-0.05, 0) is 78.9 Å². The van der Waals surface area contributed by atoms with E-state index in [9.17, 15) is 0 Å². The maximum atomic E-state index is 5.19. The number of pyridine rings is 1. The molecule has 258 valence electrons. The molecule has 0 radical (unpaired) electrons. The Morgan fingerprint density at radius 2 is 0.673 bits per heavy atom. The van der Waals surface area contributed by atoms with Crippen LogP contribution >= 0.6 is 0 Å². The molecule has 0 N–H and O–H groups in total. The molecule has 0 aliphatic heterocycles. The summed E-state index contributed by atoms with van der Waals surface area (Å²) in [6, 6.07) is 81.1. The fraction of sp³-hybridized carbons (Fsp3) is 0.0185. The predicted octanol–water partition coefficient (Wildman–Crippen LogP) is 13.8. The van der Waals surface area contributed by atoms with Gasteiger partial charge in [0.05, 0.1) is 16.8 Å². The van der Waals surface area contributed by atoms with Gasteiger partial charge in [-0.25, -0.2) is 4.98 Å². The van der Waals surface area contributed by atoms with Crippen molar-refractivity contribution in [2.45, 2.75) is 5.41 Å². The first kappa shape index (κ1) is 32.6. The summed E-state index contributed by atoms with van der Waals surface area (Å²) in [5, 5.41) is 0. The lowest BCUT2D eigenvalue weighted by atomic mass is 9.67. The molecule has 55 heavy (non-hydrogen) atoms. The van der Waals surface area contributed by atoms with E-state index in [2.05, 4.69) is 224 Å². The summed E-state index contributed by atoms with van der Waals surface area (Å²) in [6.45, 7) is 0. The van der Waals surface area contributed by atoms with Crippen LogP contribution in [0.4, 0.5) is 0 Å². The van der Waals surface area contributed by atoms with Gasteiger partial charge in [-0.3, -0.25) is 0 Å². The molecule has 10 rings (SSSR count). The van der Waals surface area contributed by atoms with Crippen LogP contribution < -0.4 is 0 Å². The van der Waals surface area contributed by atoms with Gasteiger partial charge in [0.25, 0.3) is 0 Å². The molecule has 9 aromatic rings. The Labute approximate surface area is 322 Å². The SMILES string of the molecule is c1ccc(-c2ccc(-c3cc(-c4ccc(-c5cccc6c5-c5ccccc5C6(c5ccccc5)c5ccccc5)cc4)cc(-c4ccccc4)n3)cc2)cc1. The summed E-state index contributed by atoms with van der Waals surface area (Å²) in [6.07, 6.45) is 0. The van der Waals surface area contributed by atoms with Crippen molar-refractivity contribution < 1.29 is 0 Å². The molecule has 1 aromatic heterocycles. The van der Waals surface area contributed by atoms with Gasteiger partial charge in [0.1, 0.15) is 0 Å². The number of nitrogens with zero attached hydrogens (tertiary/aromatic N) is 1. The molecule has 0 bridgehead atoms. The number of benzene rings is 8. The quantitative estimate of drug-likeness (QED) is 0.161. The van der Waals surface area contributed by atoms with E-state index in [0.717, 1.165) is 33.6 Å². The lowest BCUT2D eigenvalue weighted by Gasteiger charge is -2.34. The molecule has 1 heteroatoms. The molecule has 0 saturated carbocycles. The third kappa shape index (κ3) is 5.61. The molecular formula is C54H37N. The van der Waals surface area contributed by atoms with Crippen molar-refractivity contribution in [2.75, 3.05) is 0 Å². The van der Waals surface area contributed by atoms with Crippen molar-refractivity contribution in [1.29, 1.82) is 0 Å². The standard InChI is InChI=1S/C54H37N/c1-5-16-38(17-6-1)39-30-34-43(35-31-39)52-37-44(36-51(55-52)42-18-7-2-8-19-42)40-28-32-41(33-29-40)47-25-15-27-50-53(47)48-24-13-14-26-49(48)54(50,45-20-9-3-10-21-45)46-22-11-4-12-23-46/h1-37H. The van der Waals surface area contributed by atoms with Crippen LogP contribution in [0.15, 0.2) is 224 Å². The Balaban J connectivity index is 1.09. The first-order chi connectivity index (χ1) is 27.3. The van der Waals surface area contributed by atoms with Gasteiger partial charge in [-0.1, -0.05) is 212 Å². The first-order valence-electron chi connectivity index (χ1n) is 19.0. The second-order valence-corrected chi connectivity index (χ2v) is 14.3. The zero-order valence-corrected chi connectivity index (χ0v) is 30.3. The average Bonchev–Trinajstić information content (AvgIpc) is 3.59. The summed E-state index contributed by atoms with van der Waals surface area (Å²) < 4.78 is 0. The average molecular weight is 700 g/mol. The molecule has 1 aliphatic rings. The fourth-order valence-corrected chi connectivity index (χ4v) is 8.64. The number of hydrogen-bond acceptors (Lipinski definition) is 1. The van der Waals surface area contributed by atoms with E-state index in [1.807, 2.05) is 0 Å². The Kier molecular flexibility index (Phi) is 8.12. The molecule has 0 saturated heterocycles. The zero-order chi connectivity index (χ0) is 36.6. The van der Waals surface area contributed by atoms with Gasteiger partial charge >= 0.3 is 0 Å². The minimum atomic E-state index is -0.426. The van der Waals surface area contributed by atoms with Crippen LogP contribution in [0.5, 0.6) is 0 Å². The molecule has 1 aliphatic carbocycles. The van der Waals surface area contributed by atoms with Crippen LogP contribution in [0, 0.1) is 0 Å². The molecule has 8 aromatic carbocycles. The lowest BCUT2D eigenvalue weighted by Crippen LogP contribution is -2.28. The van der Waals surface area contributed by atoms with Crippen molar-refractivity contribution in [2.24, 2.45) is 0 Å². The van der Waals surface area contributed by atoms with Crippen molar-refractivity contribution >= 4 is 0 Å². The molecule has 0 unspecified atom stereocenters. The summed E-state index contributed by atoms with van der Waals surface area (Å²) in [5.41, 5.74) is 18.6. The van der Waals surface area contributed by atoms with Crippen LogP contribution in [0.1, 0.15) is 22.3 Å². The molecular weight excluding hydrogens is 663 g/mol. The van der Waals surface area contributed by atoms with Crippen LogP contribution in [0.3, 0.4) is 0 Å². The minimum absolute atomic E-state index is 0.426.